The van der Waals surface area contributed by atoms with Crippen LogP contribution in [0.4, 0.5) is 0 Å². The van der Waals surface area contributed by atoms with E-state index in [0.717, 1.165) is 11.3 Å². The van der Waals surface area contributed by atoms with Crippen LogP contribution in [-0.2, 0) is 5.75 Å². The van der Waals surface area contributed by atoms with Gasteiger partial charge in [-0.25, -0.2) is 0 Å². The Bertz CT molecular complexity index is 583. The molecule has 1 N–H and O–H groups in total. The van der Waals surface area contributed by atoms with Crippen molar-refractivity contribution in [1.29, 1.82) is 0 Å². The van der Waals surface area contributed by atoms with E-state index >= 15 is 0 Å². The first-order valence-corrected chi connectivity index (χ1v) is 7.48. The van der Waals surface area contributed by atoms with E-state index in [4.69, 9.17) is 4.52 Å². The molecular weight excluding hydrogens is 274 g/mol. The summed E-state index contributed by atoms with van der Waals surface area (Å²) in [5, 5.41) is 6.64. The number of aryl methyl sites for hydroxylation is 1. The summed E-state index contributed by atoms with van der Waals surface area (Å²) in [5.41, 5.74) is 0.683. The van der Waals surface area contributed by atoms with Gasteiger partial charge in [0.1, 0.15) is 0 Å². The number of hydrogen-bond donors (Lipinski definition) is 1. The topological polar surface area (TPSA) is 68.0 Å². The van der Waals surface area contributed by atoms with Gasteiger partial charge in [0.2, 0.25) is 5.89 Å². The predicted octanol–water partition coefficient (Wildman–Crippen LogP) is 2.81. The number of nitrogens with one attached hydrogen (secondary N) is 1. The molecule has 0 unspecified atom stereocenters. The van der Waals surface area contributed by atoms with Crippen LogP contribution in [0.3, 0.4) is 0 Å². The van der Waals surface area contributed by atoms with Crippen LogP contribution >= 0.6 is 11.8 Å². The highest BCUT2D eigenvalue weighted by molar-refractivity contribution is 7.98. The smallest absolute Gasteiger partial charge is 0.252 e. The average molecular weight is 291 g/mol. The number of carbonyl (C=O) groups is 1. The van der Waals surface area contributed by atoms with E-state index in [0.29, 0.717) is 29.6 Å². The summed E-state index contributed by atoms with van der Waals surface area (Å²) in [7, 11) is 0. The van der Waals surface area contributed by atoms with Crippen molar-refractivity contribution < 1.29 is 9.32 Å². The van der Waals surface area contributed by atoms with Gasteiger partial charge >= 0.3 is 0 Å². The summed E-state index contributed by atoms with van der Waals surface area (Å²) >= 11 is 1.52. The first kappa shape index (κ1) is 14.6. The van der Waals surface area contributed by atoms with E-state index in [1.165, 1.54) is 11.8 Å². The van der Waals surface area contributed by atoms with Crippen molar-refractivity contribution in [3.8, 4) is 0 Å². The second kappa shape index (κ2) is 7.09. The zero-order valence-electron chi connectivity index (χ0n) is 11.5. The number of benzene rings is 1. The van der Waals surface area contributed by atoms with Crippen molar-refractivity contribution in [2.45, 2.75) is 30.9 Å². The predicted molar refractivity (Wildman–Crippen MR) is 77.7 cm³/mol. The first-order valence-electron chi connectivity index (χ1n) is 6.50. The fraction of sp³-hybridized carbons (Fsp3) is 0.357. The Morgan fingerprint density at radius 2 is 2.20 bits per heavy atom. The second-order valence-electron chi connectivity index (χ2n) is 4.28. The Hall–Kier alpha value is -1.82. The van der Waals surface area contributed by atoms with Gasteiger partial charge in [-0.15, -0.1) is 11.8 Å². The number of amides is 1. The summed E-state index contributed by atoms with van der Waals surface area (Å²) < 4.78 is 5.07. The zero-order valence-corrected chi connectivity index (χ0v) is 12.4. The minimum Gasteiger partial charge on any atom is -0.352 e. The molecule has 0 saturated heterocycles. The molecule has 0 aliphatic heterocycles. The largest absolute Gasteiger partial charge is 0.352 e. The minimum absolute atomic E-state index is 0.0448. The van der Waals surface area contributed by atoms with Crippen LogP contribution in [0.5, 0.6) is 0 Å². The SMILES string of the molecule is CCCNC(=O)c1ccccc1SCc1nc(C)no1. The Balaban J connectivity index is 2.05. The lowest BCUT2D eigenvalue weighted by atomic mass is 10.2. The van der Waals surface area contributed by atoms with E-state index in [1.807, 2.05) is 31.2 Å². The fourth-order valence-corrected chi connectivity index (χ4v) is 2.54. The molecule has 1 aromatic heterocycles. The van der Waals surface area contributed by atoms with Gasteiger partial charge in [-0.1, -0.05) is 24.2 Å². The molecule has 6 heteroatoms. The van der Waals surface area contributed by atoms with Crippen molar-refractivity contribution in [2.75, 3.05) is 6.54 Å². The monoisotopic (exact) mass is 291 g/mol. The van der Waals surface area contributed by atoms with E-state index < -0.39 is 0 Å². The van der Waals surface area contributed by atoms with Gasteiger partial charge in [-0.05, 0) is 25.5 Å². The molecule has 0 spiro atoms. The van der Waals surface area contributed by atoms with Crippen molar-refractivity contribution >= 4 is 17.7 Å². The third kappa shape index (κ3) is 3.84. The van der Waals surface area contributed by atoms with E-state index in [1.54, 1.807) is 6.92 Å². The van der Waals surface area contributed by atoms with Crippen molar-refractivity contribution in [2.24, 2.45) is 0 Å². The Morgan fingerprint density at radius 1 is 1.40 bits per heavy atom. The van der Waals surface area contributed by atoms with Crippen LogP contribution in [0.1, 0.15) is 35.4 Å². The molecule has 106 valence electrons. The average Bonchev–Trinajstić information content (AvgIpc) is 2.88. The Kier molecular flexibility index (Phi) is 5.17. The molecule has 1 heterocycles. The normalized spacial score (nSPS) is 10.5. The lowest BCUT2D eigenvalue weighted by Gasteiger charge is -2.08. The molecule has 0 bridgehead atoms. The maximum Gasteiger partial charge on any atom is 0.252 e. The molecule has 0 aliphatic carbocycles. The molecule has 0 fully saturated rings. The molecule has 2 rings (SSSR count). The number of hydrogen-bond acceptors (Lipinski definition) is 5. The lowest BCUT2D eigenvalue weighted by Crippen LogP contribution is -2.24. The van der Waals surface area contributed by atoms with Crippen molar-refractivity contribution in [3.63, 3.8) is 0 Å². The first-order chi connectivity index (χ1) is 9.70. The van der Waals surface area contributed by atoms with Gasteiger partial charge in [0.15, 0.2) is 5.82 Å². The number of thioether (sulfide) groups is 1. The van der Waals surface area contributed by atoms with Gasteiger partial charge in [0, 0.05) is 11.4 Å². The fourth-order valence-electron chi connectivity index (χ4n) is 1.65. The standard InChI is InChI=1S/C14H17N3O2S/c1-3-8-15-14(18)11-6-4-5-7-12(11)20-9-13-16-10(2)17-19-13/h4-7H,3,8-9H2,1-2H3,(H,15,18). The second-order valence-corrected chi connectivity index (χ2v) is 5.29. The van der Waals surface area contributed by atoms with Gasteiger partial charge in [-0.3, -0.25) is 4.79 Å². The summed E-state index contributed by atoms with van der Waals surface area (Å²) in [6, 6.07) is 7.53. The molecule has 5 nitrogen and oxygen atoms in total. The summed E-state index contributed by atoms with van der Waals surface area (Å²) in [6.07, 6.45) is 0.919. The van der Waals surface area contributed by atoms with Crippen LogP contribution in [0, 0.1) is 6.92 Å². The molecule has 0 atom stereocenters. The van der Waals surface area contributed by atoms with E-state index in [9.17, 15) is 4.79 Å². The van der Waals surface area contributed by atoms with Crippen LogP contribution in [-0.4, -0.2) is 22.6 Å². The highest BCUT2D eigenvalue weighted by Crippen LogP contribution is 2.25. The summed E-state index contributed by atoms with van der Waals surface area (Å²) in [6.45, 7) is 4.49. The van der Waals surface area contributed by atoms with E-state index in [-0.39, 0.29) is 5.91 Å². The third-order valence-electron chi connectivity index (χ3n) is 2.59. The number of aromatic nitrogens is 2. The maximum atomic E-state index is 12.1. The van der Waals surface area contributed by atoms with Gasteiger partial charge in [0.25, 0.3) is 5.91 Å². The molecule has 20 heavy (non-hydrogen) atoms. The van der Waals surface area contributed by atoms with Gasteiger partial charge in [0.05, 0.1) is 11.3 Å². The van der Waals surface area contributed by atoms with Crippen LogP contribution in [0.2, 0.25) is 0 Å². The Labute approximate surface area is 122 Å². The molecule has 1 amide bonds. The molecule has 1 aromatic carbocycles. The van der Waals surface area contributed by atoms with Crippen LogP contribution < -0.4 is 5.32 Å². The highest BCUT2D eigenvalue weighted by atomic mass is 32.2. The van der Waals surface area contributed by atoms with Crippen molar-refractivity contribution in [1.82, 2.24) is 15.5 Å². The quantitative estimate of drug-likeness (QED) is 0.829. The maximum absolute atomic E-state index is 12.1. The molecule has 0 radical (unpaired) electrons. The third-order valence-corrected chi connectivity index (χ3v) is 3.65. The number of nitrogens with zero attached hydrogens (tertiary/aromatic N) is 2. The minimum atomic E-state index is -0.0448. The number of rotatable bonds is 6. The molecular formula is C14H17N3O2S. The van der Waals surface area contributed by atoms with Gasteiger partial charge < -0.3 is 9.84 Å². The van der Waals surface area contributed by atoms with Crippen molar-refractivity contribution in [3.05, 3.63) is 41.5 Å². The molecule has 2 aromatic rings. The van der Waals surface area contributed by atoms with Gasteiger partial charge in [-0.2, -0.15) is 4.98 Å². The summed E-state index contributed by atoms with van der Waals surface area (Å²) in [4.78, 5) is 17.1. The van der Waals surface area contributed by atoms with Crippen LogP contribution in [0.15, 0.2) is 33.7 Å². The lowest BCUT2D eigenvalue weighted by molar-refractivity contribution is 0.0950. The van der Waals surface area contributed by atoms with E-state index in [2.05, 4.69) is 15.5 Å². The Morgan fingerprint density at radius 3 is 2.90 bits per heavy atom. The zero-order chi connectivity index (χ0) is 14.4. The van der Waals surface area contributed by atoms with Crippen LogP contribution in [0.25, 0.3) is 0 Å². The molecule has 0 aliphatic rings. The highest BCUT2D eigenvalue weighted by Gasteiger charge is 2.12. The number of carbonyl (C=O) groups excluding carboxylic acids is 1. The molecule has 0 saturated carbocycles. The summed E-state index contributed by atoms with van der Waals surface area (Å²) in [5.74, 6) is 1.70.